The van der Waals surface area contributed by atoms with E-state index in [1.807, 2.05) is 30.3 Å². The molecular formula is C15H16N2O3. The molecule has 1 aromatic carbocycles. The topological polar surface area (TPSA) is 75.4 Å². The van der Waals surface area contributed by atoms with E-state index in [0.29, 0.717) is 12.3 Å². The standard InChI is InChI=1S/C15H16N2O3/c18-10-15(6-7-15)9-16-14(19)12-8-13(20-17-12)11-4-2-1-3-5-11/h1-5,8,18H,6-7,9-10H2,(H,16,19). The van der Waals surface area contributed by atoms with Gasteiger partial charge in [0.15, 0.2) is 11.5 Å². The number of benzene rings is 1. The monoisotopic (exact) mass is 272 g/mol. The van der Waals surface area contributed by atoms with Crippen molar-refractivity contribution in [1.29, 1.82) is 0 Å². The summed E-state index contributed by atoms with van der Waals surface area (Å²) < 4.78 is 5.19. The van der Waals surface area contributed by atoms with Gasteiger partial charge in [-0.3, -0.25) is 4.79 Å². The van der Waals surface area contributed by atoms with Crippen molar-refractivity contribution in [2.75, 3.05) is 13.2 Å². The molecule has 20 heavy (non-hydrogen) atoms. The predicted molar refractivity (Wildman–Crippen MR) is 73.0 cm³/mol. The number of amides is 1. The second kappa shape index (κ2) is 5.09. The molecule has 5 heteroatoms. The number of aliphatic hydroxyl groups excluding tert-OH is 1. The summed E-state index contributed by atoms with van der Waals surface area (Å²) >= 11 is 0. The highest BCUT2D eigenvalue weighted by Crippen LogP contribution is 2.44. The van der Waals surface area contributed by atoms with Gasteiger partial charge in [-0.15, -0.1) is 0 Å². The Morgan fingerprint density at radius 1 is 1.35 bits per heavy atom. The maximum atomic E-state index is 12.0. The molecule has 3 rings (SSSR count). The first kappa shape index (κ1) is 12.9. The van der Waals surface area contributed by atoms with Crippen molar-refractivity contribution in [3.63, 3.8) is 0 Å². The molecule has 0 aliphatic heterocycles. The van der Waals surface area contributed by atoms with E-state index in [0.717, 1.165) is 18.4 Å². The number of aromatic nitrogens is 1. The maximum absolute atomic E-state index is 12.0. The molecule has 0 unspecified atom stereocenters. The van der Waals surface area contributed by atoms with Gasteiger partial charge in [-0.05, 0) is 12.8 Å². The minimum Gasteiger partial charge on any atom is -0.396 e. The Morgan fingerprint density at radius 3 is 2.75 bits per heavy atom. The SMILES string of the molecule is O=C(NCC1(CO)CC1)c1cc(-c2ccccc2)on1. The highest BCUT2D eigenvalue weighted by Gasteiger charge is 2.42. The fourth-order valence-corrected chi connectivity index (χ4v) is 2.05. The van der Waals surface area contributed by atoms with Gasteiger partial charge in [-0.2, -0.15) is 0 Å². The van der Waals surface area contributed by atoms with Crippen LogP contribution in [0.5, 0.6) is 0 Å². The first-order valence-corrected chi connectivity index (χ1v) is 6.64. The summed E-state index contributed by atoms with van der Waals surface area (Å²) in [5.41, 5.74) is 1.03. The van der Waals surface area contributed by atoms with Crippen molar-refractivity contribution in [3.05, 3.63) is 42.1 Å². The van der Waals surface area contributed by atoms with Crippen LogP contribution in [0.25, 0.3) is 11.3 Å². The van der Waals surface area contributed by atoms with Crippen LogP contribution in [0.3, 0.4) is 0 Å². The molecule has 0 spiro atoms. The lowest BCUT2D eigenvalue weighted by Gasteiger charge is -2.11. The Morgan fingerprint density at radius 2 is 2.10 bits per heavy atom. The van der Waals surface area contributed by atoms with Gasteiger partial charge >= 0.3 is 0 Å². The third kappa shape index (κ3) is 2.58. The van der Waals surface area contributed by atoms with E-state index in [4.69, 9.17) is 4.52 Å². The molecule has 1 aliphatic carbocycles. The number of hydrogen-bond donors (Lipinski definition) is 2. The minimum absolute atomic E-state index is 0.109. The fourth-order valence-electron chi connectivity index (χ4n) is 2.05. The molecule has 1 aromatic heterocycles. The summed E-state index contributed by atoms with van der Waals surface area (Å²) in [6.07, 6.45) is 1.91. The molecular weight excluding hydrogens is 256 g/mol. The van der Waals surface area contributed by atoms with E-state index in [9.17, 15) is 9.90 Å². The Kier molecular flexibility index (Phi) is 3.28. The molecule has 104 valence electrons. The molecule has 1 amide bonds. The van der Waals surface area contributed by atoms with Crippen LogP contribution in [0, 0.1) is 5.41 Å². The zero-order valence-corrected chi connectivity index (χ0v) is 11.0. The lowest BCUT2D eigenvalue weighted by Crippen LogP contribution is -2.32. The van der Waals surface area contributed by atoms with Gasteiger partial charge in [0.2, 0.25) is 0 Å². The summed E-state index contributed by atoms with van der Waals surface area (Å²) in [6, 6.07) is 11.1. The number of nitrogens with zero attached hydrogens (tertiary/aromatic N) is 1. The van der Waals surface area contributed by atoms with Crippen LogP contribution in [0.4, 0.5) is 0 Å². The molecule has 5 nitrogen and oxygen atoms in total. The van der Waals surface area contributed by atoms with E-state index in [1.165, 1.54) is 0 Å². The number of carbonyl (C=O) groups is 1. The summed E-state index contributed by atoms with van der Waals surface area (Å²) in [7, 11) is 0. The Bertz CT molecular complexity index is 603. The number of hydrogen-bond acceptors (Lipinski definition) is 4. The lowest BCUT2D eigenvalue weighted by atomic mass is 10.1. The third-order valence-electron chi connectivity index (χ3n) is 3.72. The average molecular weight is 272 g/mol. The van der Waals surface area contributed by atoms with Crippen molar-refractivity contribution in [1.82, 2.24) is 10.5 Å². The molecule has 0 atom stereocenters. The maximum Gasteiger partial charge on any atom is 0.273 e. The molecule has 1 saturated carbocycles. The smallest absolute Gasteiger partial charge is 0.273 e. The minimum atomic E-state index is -0.268. The predicted octanol–water partition coefficient (Wildman–Crippen LogP) is 1.84. The summed E-state index contributed by atoms with van der Waals surface area (Å²) in [4.78, 5) is 12.0. The van der Waals surface area contributed by atoms with Crippen LogP contribution in [0.1, 0.15) is 23.3 Å². The third-order valence-corrected chi connectivity index (χ3v) is 3.72. The molecule has 1 fully saturated rings. The molecule has 2 N–H and O–H groups in total. The summed E-state index contributed by atoms with van der Waals surface area (Å²) in [5.74, 6) is 0.301. The van der Waals surface area contributed by atoms with E-state index in [2.05, 4.69) is 10.5 Å². The number of aliphatic hydroxyl groups is 1. The van der Waals surface area contributed by atoms with Crippen molar-refractivity contribution >= 4 is 5.91 Å². The van der Waals surface area contributed by atoms with Crippen LogP contribution < -0.4 is 5.32 Å². The van der Waals surface area contributed by atoms with Crippen molar-refractivity contribution in [2.45, 2.75) is 12.8 Å². The highest BCUT2D eigenvalue weighted by atomic mass is 16.5. The van der Waals surface area contributed by atoms with E-state index in [-0.39, 0.29) is 23.6 Å². The van der Waals surface area contributed by atoms with Gasteiger partial charge in [-0.1, -0.05) is 35.5 Å². The lowest BCUT2D eigenvalue weighted by molar-refractivity contribution is 0.0926. The molecule has 1 heterocycles. The number of carbonyl (C=O) groups excluding carboxylic acids is 1. The molecule has 1 aliphatic rings. The quantitative estimate of drug-likeness (QED) is 0.871. The van der Waals surface area contributed by atoms with Crippen molar-refractivity contribution < 1.29 is 14.4 Å². The fraction of sp³-hybridized carbons (Fsp3) is 0.333. The summed E-state index contributed by atoms with van der Waals surface area (Å²) in [5, 5.41) is 15.8. The molecule has 0 radical (unpaired) electrons. The van der Waals surface area contributed by atoms with Gasteiger partial charge in [0.1, 0.15) is 0 Å². The Hall–Kier alpha value is -2.14. The van der Waals surface area contributed by atoms with Crippen LogP contribution in [-0.2, 0) is 0 Å². The molecule has 0 bridgehead atoms. The number of nitrogens with one attached hydrogen (secondary N) is 1. The van der Waals surface area contributed by atoms with E-state index < -0.39 is 0 Å². The molecule has 0 saturated heterocycles. The highest BCUT2D eigenvalue weighted by molar-refractivity contribution is 5.93. The van der Waals surface area contributed by atoms with E-state index >= 15 is 0 Å². The molecule has 2 aromatic rings. The zero-order chi connectivity index (χ0) is 14.0. The summed E-state index contributed by atoms with van der Waals surface area (Å²) in [6.45, 7) is 0.594. The number of rotatable bonds is 5. The van der Waals surface area contributed by atoms with Crippen LogP contribution >= 0.6 is 0 Å². The largest absolute Gasteiger partial charge is 0.396 e. The van der Waals surface area contributed by atoms with Crippen LogP contribution in [0.2, 0.25) is 0 Å². The van der Waals surface area contributed by atoms with Gasteiger partial charge in [0.25, 0.3) is 5.91 Å². The first-order valence-electron chi connectivity index (χ1n) is 6.64. The van der Waals surface area contributed by atoms with Gasteiger partial charge in [0.05, 0.1) is 6.61 Å². The second-order valence-corrected chi connectivity index (χ2v) is 5.28. The Balaban J connectivity index is 1.66. The van der Waals surface area contributed by atoms with E-state index in [1.54, 1.807) is 6.07 Å². The van der Waals surface area contributed by atoms with Gasteiger partial charge < -0.3 is 14.9 Å². The van der Waals surface area contributed by atoms with Crippen LogP contribution in [-0.4, -0.2) is 29.3 Å². The van der Waals surface area contributed by atoms with Crippen LogP contribution in [0.15, 0.2) is 40.9 Å². The van der Waals surface area contributed by atoms with Crippen molar-refractivity contribution in [2.24, 2.45) is 5.41 Å². The van der Waals surface area contributed by atoms with Gasteiger partial charge in [0, 0.05) is 23.6 Å². The zero-order valence-electron chi connectivity index (χ0n) is 11.0. The van der Waals surface area contributed by atoms with Gasteiger partial charge in [-0.25, -0.2) is 0 Å². The van der Waals surface area contributed by atoms with Crippen molar-refractivity contribution in [3.8, 4) is 11.3 Å². The average Bonchev–Trinajstić information content (AvgIpc) is 3.12. The normalized spacial score (nSPS) is 15.8. The second-order valence-electron chi connectivity index (χ2n) is 5.28. The Labute approximate surface area is 116 Å². The first-order chi connectivity index (χ1) is 9.72.